The van der Waals surface area contributed by atoms with Crippen LogP contribution in [0.25, 0.3) is 0 Å². The number of amides is 2. The fourth-order valence-electron chi connectivity index (χ4n) is 3.26. The van der Waals surface area contributed by atoms with Crippen LogP contribution in [0.1, 0.15) is 21.2 Å². The van der Waals surface area contributed by atoms with Crippen molar-refractivity contribution in [1.29, 1.82) is 0 Å². The third kappa shape index (κ3) is 6.25. The molecule has 0 aliphatic carbocycles. The summed E-state index contributed by atoms with van der Waals surface area (Å²) in [4.78, 5) is 26.6. The van der Waals surface area contributed by atoms with E-state index in [2.05, 4.69) is 10.6 Å². The van der Waals surface area contributed by atoms with E-state index in [0.29, 0.717) is 22.0 Å². The van der Waals surface area contributed by atoms with Gasteiger partial charge >= 0.3 is 0 Å². The van der Waals surface area contributed by atoms with Gasteiger partial charge in [0.05, 0.1) is 0 Å². The van der Waals surface area contributed by atoms with Crippen LogP contribution in [0.3, 0.4) is 0 Å². The lowest BCUT2D eigenvalue weighted by Gasteiger charge is -2.18. The largest absolute Gasteiger partial charge is 0.325 e. The Bertz CT molecular complexity index is 1300. The van der Waals surface area contributed by atoms with Crippen molar-refractivity contribution < 1.29 is 14.0 Å². The van der Waals surface area contributed by atoms with E-state index in [4.69, 9.17) is 11.6 Å². The van der Waals surface area contributed by atoms with Gasteiger partial charge in [-0.25, -0.2) is 4.39 Å². The number of benzene rings is 4. The molecule has 7 heteroatoms. The molecule has 0 aliphatic heterocycles. The maximum atomic E-state index is 13.2. The Morgan fingerprint density at radius 1 is 0.765 bits per heavy atom. The van der Waals surface area contributed by atoms with Crippen molar-refractivity contribution in [3.05, 3.63) is 125 Å². The molecule has 0 aliphatic rings. The van der Waals surface area contributed by atoms with Crippen LogP contribution >= 0.6 is 23.4 Å². The Morgan fingerprint density at radius 2 is 1.50 bits per heavy atom. The standard InChI is InChI=1S/C27H20ClFN2O2S/c28-20-9-4-8-19(16-20)26(32)31-23-10-5-11-24(17-23)34-25(18-6-2-1-3-7-18)27(33)30-22-14-12-21(29)13-15-22/h1-17,25H,(H,30,33)(H,31,32). The second-order valence-electron chi connectivity index (χ2n) is 7.40. The topological polar surface area (TPSA) is 58.2 Å². The second-order valence-corrected chi connectivity index (χ2v) is 9.01. The molecule has 2 N–H and O–H groups in total. The average molecular weight is 491 g/mol. The zero-order valence-corrected chi connectivity index (χ0v) is 19.4. The predicted octanol–water partition coefficient (Wildman–Crippen LogP) is 7.20. The second kappa shape index (κ2) is 11.0. The summed E-state index contributed by atoms with van der Waals surface area (Å²) >= 11 is 7.34. The number of halogens is 2. The highest BCUT2D eigenvalue weighted by Gasteiger charge is 2.22. The van der Waals surface area contributed by atoms with Crippen LogP contribution in [0.2, 0.25) is 5.02 Å². The molecule has 0 saturated heterocycles. The highest BCUT2D eigenvalue weighted by Crippen LogP contribution is 2.37. The summed E-state index contributed by atoms with van der Waals surface area (Å²) in [5.41, 5.74) is 2.38. The van der Waals surface area contributed by atoms with Gasteiger partial charge in [-0.3, -0.25) is 9.59 Å². The molecule has 0 bridgehead atoms. The molecule has 0 spiro atoms. The number of hydrogen-bond donors (Lipinski definition) is 2. The van der Waals surface area contributed by atoms with E-state index in [1.165, 1.54) is 36.0 Å². The van der Waals surface area contributed by atoms with Gasteiger partial charge < -0.3 is 10.6 Å². The molecule has 4 nitrogen and oxygen atoms in total. The number of carbonyl (C=O) groups is 2. The van der Waals surface area contributed by atoms with Crippen molar-refractivity contribution in [3.8, 4) is 0 Å². The van der Waals surface area contributed by atoms with Crippen molar-refractivity contribution in [2.24, 2.45) is 0 Å². The van der Waals surface area contributed by atoms with Gasteiger partial charge in [-0.2, -0.15) is 0 Å². The highest BCUT2D eigenvalue weighted by atomic mass is 35.5. The quantitative estimate of drug-likeness (QED) is 0.269. The molecule has 34 heavy (non-hydrogen) atoms. The van der Waals surface area contributed by atoms with Crippen molar-refractivity contribution >= 4 is 46.6 Å². The minimum atomic E-state index is -0.565. The van der Waals surface area contributed by atoms with E-state index in [1.807, 2.05) is 48.5 Å². The summed E-state index contributed by atoms with van der Waals surface area (Å²) in [5, 5.41) is 5.64. The third-order valence-electron chi connectivity index (χ3n) is 4.88. The molecule has 0 fully saturated rings. The molecule has 0 radical (unpaired) electrons. The number of hydrogen-bond acceptors (Lipinski definition) is 3. The van der Waals surface area contributed by atoms with Crippen LogP contribution in [0.5, 0.6) is 0 Å². The van der Waals surface area contributed by atoms with Gasteiger partial charge in [0, 0.05) is 26.9 Å². The molecule has 4 aromatic rings. The molecule has 2 amide bonds. The predicted molar refractivity (Wildman–Crippen MR) is 136 cm³/mol. The summed E-state index contributed by atoms with van der Waals surface area (Å²) < 4.78 is 13.2. The summed E-state index contributed by atoms with van der Waals surface area (Å²) in [7, 11) is 0. The van der Waals surface area contributed by atoms with Crippen LogP contribution in [-0.4, -0.2) is 11.8 Å². The molecular formula is C27H20ClFN2O2S. The molecule has 4 aromatic carbocycles. The molecule has 0 saturated carbocycles. The SMILES string of the molecule is O=C(Nc1cccc(SC(C(=O)Nc2ccc(F)cc2)c2ccccc2)c1)c1cccc(Cl)c1. The summed E-state index contributed by atoms with van der Waals surface area (Å²) in [6.45, 7) is 0. The first-order valence-electron chi connectivity index (χ1n) is 10.4. The minimum absolute atomic E-state index is 0.240. The maximum Gasteiger partial charge on any atom is 0.255 e. The van der Waals surface area contributed by atoms with Gasteiger partial charge in [-0.1, -0.05) is 54.1 Å². The normalized spacial score (nSPS) is 11.5. The van der Waals surface area contributed by atoms with Gasteiger partial charge in [0.15, 0.2) is 0 Å². The first-order chi connectivity index (χ1) is 16.5. The number of anilines is 2. The van der Waals surface area contributed by atoms with Crippen molar-refractivity contribution in [1.82, 2.24) is 0 Å². The van der Waals surface area contributed by atoms with Crippen LogP contribution in [-0.2, 0) is 4.79 Å². The van der Waals surface area contributed by atoms with Gasteiger partial charge in [0.25, 0.3) is 5.91 Å². The van der Waals surface area contributed by atoms with E-state index < -0.39 is 5.25 Å². The third-order valence-corrected chi connectivity index (χ3v) is 6.37. The smallest absolute Gasteiger partial charge is 0.255 e. The number of nitrogens with one attached hydrogen (secondary N) is 2. The van der Waals surface area contributed by atoms with Gasteiger partial charge in [-0.05, 0) is 66.2 Å². The first-order valence-corrected chi connectivity index (χ1v) is 11.7. The molecule has 170 valence electrons. The van der Waals surface area contributed by atoms with E-state index in [0.717, 1.165) is 10.5 Å². The average Bonchev–Trinajstić information content (AvgIpc) is 2.84. The first kappa shape index (κ1) is 23.5. The highest BCUT2D eigenvalue weighted by molar-refractivity contribution is 8.00. The lowest BCUT2D eigenvalue weighted by atomic mass is 10.1. The van der Waals surface area contributed by atoms with Crippen LogP contribution in [0.4, 0.5) is 15.8 Å². The minimum Gasteiger partial charge on any atom is -0.325 e. The Balaban J connectivity index is 1.53. The number of thioether (sulfide) groups is 1. The number of carbonyl (C=O) groups excluding carboxylic acids is 2. The van der Waals surface area contributed by atoms with E-state index in [9.17, 15) is 14.0 Å². The van der Waals surface area contributed by atoms with Crippen molar-refractivity contribution in [3.63, 3.8) is 0 Å². The summed E-state index contributed by atoms with van der Waals surface area (Å²) in [6.07, 6.45) is 0. The van der Waals surface area contributed by atoms with Crippen LogP contribution in [0, 0.1) is 5.82 Å². The molecule has 0 heterocycles. The molecule has 0 aromatic heterocycles. The zero-order valence-electron chi connectivity index (χ0n) is 17.9. The Hall–Kier alpha value is -3.61. The van der Waals surface area contributed by atoms with Gasteiger partial charge in [0.1, 0.15) is 11.1 Å². The lowest BCUT2D eigenvalue weighted by molar-refractivity contribution is -0.115. The molecule has 4 rings (SSSR count). The van der Waals surface area contributed by atoms with Gasteiger partial charge in [0.2, 0.25) is 5.91 Å². The van der Waals surface area contributed by atoms with Crippen molar-refractivity contribution in [2.45, 2.75) is 10.1 Å². The fourth-order valence-corrected chi connectivity index (χ4v) is 4.53. The Kier molecular flexibility index (Phi) is 7.62. The van der Waals surface area contributed by atoms with Crippen LogP contribution in [0.15, 0.2) is 108 Å². The summed E-state index contributed by atoms with van der Waals surface area (Å²) in [5.74, 6) is -0.891. The van der Waals surface area contributed by atoms with Gasteiger partial charge in [-0.15, -0.1) is 11.8 Å². The monoisotopic (exact) mass is 490 g/mol. The Labute approximate surface area is 206 Å². The number of rotatable bonds is 7. The van der Waals surface area contributed by atoms with E-state index in [1.54, 1.807) is 30.3 Å². The maximum absolute atomic E-state index is 13.2. The Morgan fingerprint density at radius 3 is 2.24 bits per heavy atom. The molecular weight excluding hydrogens is 471 g/mol. The van der Waals surface area contributed by atoms with Crippen molar-refractivity contribution in [2.75, 3.05) is 10.6 Å². The zero-order chi connectivity index (χ0) is 23.9. The lowest BCUT2D eigenvalue weighted by Crippen LogP contribution is -2.19. The van der Waals surface area contributed by atoms with E-state index >= 15 is 0 Å². The molecule has 1 atom stereocenters. The van der Waals surface area contributed by atoms with Crippen LogP contribution < -0.4 is 10.6 Å². The van der Waals surface area contributed by atoms with E-state index in [-0.39, 0.29) is 17.6 Å². The fraction of sp³-hybridized carbons (Fsp3) is 0.0370. The summed E-state index contributed by atoms with van der Waals surface area (Å²) in [6, 6.07) is 29.0. The molecule has 1 unspecified atom stereocenters.